The molecule has 1 aliphatic rings. The minimum Gasteiger partial charge on any atom is -0.313 e. The SMILES string of the molecule is O=c1[nH]cc(-c2cc([C@H]3C[C@@H]3c3cc4c(cn3)cnn4CC(F)(F)F)c3ncc(Cl)n3n2)c(=O)[nH]1. The number of halogens is 4. The van der Waals surface area contributed by atoms with E-state index in [1.165, 1.54) is 29.3 Å². The van der Waals surface area contributed by atoms with Crippen molar-refractivity contribution in [2.75, 3.05) is 0 Å². The zero-order chi connectivity index (χ0) is 24.5. The van der Waals surface area contributed by atoms with Crippen molar-refractivity contribution in [3.05, 3.63) is 74.2 Å². The molecule has 0 aromatic carbocycles. The first kappa shape index (κ1) is 21.5. The summed E-state index contributed by atoms with van der Waals surface area (Å²) in [7, 11) is 0. The third-order valence-electron chi connectivity index (χ3n) is 6.00. The maximum atomic E-state index is 12.9. The maximum absolute atomic E-state index is 12.9. The van der Waals surface area contributed by atoms with Crippen molar-refractivity contribution in [2.24, 2.45) is 0 Å². The molecule has 1 saturated carbocycles. The third-order valence-corrected chi connectivity index (χ3v) is 6.25. The van der Waals surface area contributed by atoms with E-state index in [-0.39, 0.29) is 28.2 Å². The molecule has 2 N–H and O–H groups in total. The van der Waals surface area contributed by atoms with Crippen LogP contribution in [0.2, 0.25) is 5.15 Å². The molecule has 5 aromatic rings. The Hall–Kier alpha value is -4.00. The highest BCUT2D eigenvalue weighted by Crippen LogP contribution is 2.55. The molecule has 0 unspecified atom stereocenters. The number of fused-ring (bicyclic) bond motifs is 2. The van der Waals surface area contributed by atoms with E-state index in [0.29, 0.717) is 28.7 Å². The molecular weight excluding hydrogens is 489 g/mol. The summed E-state index contributed by atoms with van der Waals surface area (Å²) in [4.78, 5) is 37.1. The Bertz CT molecular complexity index is 1730. The molecule has 178 valence electrons. The van der Waals surface area contributed by atoms with Gasteiger partial charge in [0, 0.05) is 35.0 Å². The number of alkyl halides is 3. The first-order valence-corrected chi connectivity index (χ1v) is 10.8. The molecule has 14 heteroatoms. The van der Waals surface area contributed by atoms with Crippen LogP contribution in [0, 0.1) is 0 Å². The van der Waals surface area contributed by atoms with Crippen LogP contribution in [0.1, 0.15) is 29.5 Å². The minimum atomic E-state index is -4.40. The number of nitrogens with one attached hydrogen (secondary N) is 2. The van der Waals surface area contributed by atoms with E-state index >= 15 is 0 Å². The summed E-state index contributed by atoms with van der Waals surface area (Å²) in [5.74, 6) is -0.166. The lowest BCUT2D eigenvalue weighted by Crippen LogP contribution is -2.23. The Morgan fingerprint density at radius 1 is 1.11 bits per heavy atom. The fraction of sp³-hybridized carbons (Fsp3) is 0.238. The second kappa shape index (κ2) is 7.50. The summed E-state index contributed by atoms with van der Waals surface area (Å²) in [5, 5.41) is 8.98. The van der Waals surface area contributed by atoms with Crippen molar-refractivity contribution >= 4 is 28.2 Å². The smallest absolute Gasteiger partial charge is 0.313 e. The molecular formula is C21H14ClF3N8O2. The first-order chi connectivity index (χ1) is 16.7. The second-order valence-corrected chi connectivity index (χ2v) is 8.71. The molecule has 6 rings (SSSR count). The number of pyridine rings is 1. The normalized spacial score (nSPS) is 17.9. The highest BCUT2D eigenvalue weighted by atomic mass is 35.5. The van der Waals surface area contributed by atoms with Crippen LogP contribution in [0.25, 0.3) is 27.8 Å². The van der Waals surface area contributed by atoms with E-state index in [2.05, 4.69) is 30.1 Å². The first-order valence-electron chi connectivity index (χ1n) is 10.4. The van der Waals surface area contributed by atoms with Crippen molar-refractivity contribution in [3.63, 3.8) is 0 Å². The van der Waals surface area contributed by atoms with Crippen LogP contribution in [0.4, 0.5) is 13.2 Å². The highest BCUT2D eigenvalue weighted by Gasteiger charge is 2.43. The van der Waals surface area contributed by atoms with E-state index in [1.807, 2.05) is 0 Å². The Morgan fingerprint density at radius 2 is 1.94 bits per heavy atom. The molecule has 0 radical (unpaired) electrons. The van der Waals surface area contributed by atoms with Gasteiger partial charge in [-0.2, -0.15) is 23.4 Å². The van der Waals surface area contributed by atoms with Gasteiger partial charge in [0.25, 0.3) is 5.56 Å². The van der Waals surface area contributed by atoms with Crippen LogP contribution < -0.4 is 11.2 Å². The number of hydrogen-bond donors (Lipinski definition) is 2. The van der Waals surface area contributed by atoms with Crippen LogP contribution in [-0.2, 0) is 6.54 Å². The summed E-state index contributed by atoms with van der Waals surface area (Å²) in [5.41, 5.74) is 1.39. The quantitative estimate of drug-likeness (QED) is 0.389. The van der Waals surface area contributed by atoms with Gasteiger partial charge in [0.15, 0.2) is 10.8 Å². The molecule has 5 heterocycles. The number of nitrogens with zero attached hydrogens (tertiary/aromatic N) is 6. The van der Waals surface area contributed by atoms with Crippen molar-refractivity contribution in [3.8, 4) is 11.3 Å². The molecule has 2 atom stereocenters. The summed E-state index contributed by atoms with van der Waals surface area (Å²) >= 11 is 6.25. The van der Waals surface area contributed by atoms with Crippen molar-refractivity contribution in [1.82, 2.24) is 39.3 Å². The van der Waals surface area contributed by atoms with Crippen LogP contribution in [0.15, 0.2) is 46.5 Å². The van der Waals surface area contributed by atoms with E-state index in [0.717, 1.165) is 10.2 Å². The number of aromatic amines is 2. The lowest BCUT2D eigenvalue weighted by Gasteiger charge is -2.09. The summed E-state index contributed by atoms with van der Waals surface area (Å²) in [6.45, 7) is -1.19. The van der Waals surface area contributed by atoms with Gasteiger partial charge in [-0.1, -0.05) is 11.6 Å². The van der Waals surface area contributed by atoms with Gasteiger partial charge in [0.2, 0.25) is 0 Å². The topological polar surface area (TPSA) is 127 Å². The van der Waals surface area contributed by atoms with Gasteiger partial charge < -0.3 is 4.98 Å². The summed E-state index contributed by atoms with van der Waals surface area (Å²) in [6, 6.07) is 3.34. The van der Waals surface area contributed by atoms with Gasteiger partial charge in [-0.3, -0.25) is 19.4 Å². The van der Waals surface area contributed by atoms with Gasteiger partial charge >= 0.3 is 11.9 Å². The van der Waals surface area contributed by atoms with Crippen LogP contribution >= 0.6 is 11.6 Å². The van der Waals surface area contributed by atoms with E-state index in [9.17, 15) is 22.8 Å². The Balaban J connectivity index is 1.41. The molecule has 5 aromatic heterocycles. The third kappa shape index (κ3) is 3.77. The van der Waals surface area contributed by atoms with Gasteiger partial charge in [0.1, 0.15) is 6.54 Å². The number of aromatic nitrogens is 8. The Kier molecular flexibility index (Phi) is 4.61. The molecule has 1 fully saturated rings. The van der Waals surface area contributed by atoms with Crippen molar-refractivity contribution in [1.29, 1.82) is 0 Å². The summed E-state index contributed by atoms with van der Waals surface area (Å²) in [6.07, 6.45) is 1.84. The fourth-order valence-corrected chi connectivity index (χ4v) is 4.49. The van der Waals surface area contributed by atoms with Gasteiger partial charge in [-0.25, -0.2) is 14.3 Å². The second-order valence-electron chi connectivity index (χ2n) is 8.32. The van der Waals surface area contributed by atoms with E-state index in [1.54, 1.807) is 12.1 Å². The number of rotatable bonds is 4. The average Bonchev–Trinajstić information content (AvgIpc) is 3.38. The molecule has 0 amide bonds. The number of H-pyrrole nitrogens is 2. The lowest BCUT2D eigenvalue weighted by atomic mass is 10.1. The molecule has 10 nitrogen and oxygen atoms in total. The van der Waals surface area contributed by atoms with Crippen molar-refractivity contribution in [2.45, 2.75) is 31.0 Å². The molecule has 0 saturated heterocycles. The largest absolute Gasteiger partial charge is 0.408 e. The lowest BCUT2D eigenvalue weighted by molar-refractivity contribution is -0.141. The Labute approximate surface area is 197 Å². The fourth-order valence-electron chi connectivity index (χ4n) is 4.32. The number of imidazole rings is 1. The Morgan fingerprint density at radius 3 is 2.71 bits per heavy atom. The van der Waals surface area contributed by atoms with Crippen LogP contribution in [0.3, 0.4) is 0 Å². The standard InChI is InChI=1S/C21H14ClF3N8O2/c22-17-7-27-18-12(2-15(31-33(17)18)13-6-28-20(35)30-19(13)34)10-1-11(10)14-3-16-9(4-26-14)5-29-32(16)8-21(23,24)25/h2-7,10-11H,1,8H2,(H2,28,30,34,35)/t10-,11-/m0/s1. The van der Waals surface area contributed by atoms with E-state index < -0.39 is 24.0 Å². The van der Waals surface area contributed by atoms with Crippen molar-refractivity contribution < 1.29 is 13.2 Å². The molecule has 0 aliphatic heterocycles. The minimum absolute atomic E-state index is 0.0801. The molecule has 1 aliphatic carbocycles. The number of hydrogen-bond acceptors (Lipinski definition) is 6. The zero-order valence-corrected chi connectivity index (χ0v) is 18.3. The van der Waals surface area contributed by atoms with Gasteiger partial charge in [-0.05, 0) is 24.5 Å². The predicted octanol–water partition coefficient (Wildman–Crippen LogP) is 3.00. The summed E-state index contributed by atoms with van der Waals surface area (Å²) < 4.78 is 41.1. The molecule has 0 bridgehead atoms. The van der Waals surface area contributed by atoms with Gasteiger partial charge in [0.05, 0.1) is 29.2 Å². The van der Waals surface area contributed by atoms with E-state index in [4.69, 9.17) is 11.6 Å². The molecule has 0 spiro atoms. The van der Waals surface area contributed by atoms with Crippen LogP contribution in [0.5, 0.6) is 0 Å². The predicted molar refractivity (Wildman–Crippen MR) is 118 cm³/mol. The zero-order valence-electron chi connectivity index (χ0n) is 17.5. The highest BCUT2D eigenvalue weighted by molar-refractivity contribution is 6.29. The maximum Gasteiger partial charge on any atom is 0.408 e. The monoisotopic (exact) mass is 502 g/mol. The average molecular weight is 503 g/mol. The molecule has 35 heavy (non-hydrogen) atoms. The van der Waals surface area contributed by atoms with Crippen LogP contribution in [-0.4, -0.2) is 45.5 Å². The van der Waals surface area contributed by atoms with Gasteiger partial charge in [-0.15, -0.1) is 0 Å².